The lowest BCUT2D eigenvalue weighted by Gasteiger charge is -2.12. The van der Waals surface area contributed by atoms with Crippen LogP contribution in [0.2, 0.25) is 0 Å². The second-order valence-electron chi connectivity index (χ2n) is 4.39. The van der Waals surface area contributed by atoms with Crippen LogP contribution in [-0.4, -0.2) is 9.67 Å². The minimum atomic E-state index is -0.0983. The van der Waals surface area contributed by atoms with Gasteiger partial charge in [-0.2, -0.15) is 0 Å². The van der Waals surface area contributed by atoms with Crippen LogP contribution in [0, 0.1) is 6.92 Å². The van der Waals surface area contributed by atoms with Gasteiger partial charge in [0.25, 0.3) is 5.56 Å². The SMILES string of the molecule is CCc1c(C)cc(O)n(Cc2ccccc2)c1=O. The lowest BCUT2D eigenvalue weighted by atomic mass is 10.1. The number of hydrogen-bond acceptors (Lipinski definition) is 2. The summed E-state index contributed by atoms with van der Waals surface area (Å²) >= 11 is 0. The summed E-state index contributed by atoms with van der Waals surface area (Å²) in [6.45, 7) is 4.21. The number of aryl methyl sites for hydroxylation is 1. The molecule has 2 aromatic rings. The second-order valence-corrected chi connectivity index (χ2v) is 4.39. The maximum atomic E-state index is 12.2. The molecule has 2 rings (SSSR count). The Morgan fingerprint density at radius 2 is 1.89 bits per heavy atom. The van der Waals surface area contributed by atoms with Crippen LogP contribution in [0.25, 0.3) is 0 Å². The van der Waals surface area contributed by atoms with Crippen LogP contribution in [-0.2, 0) is 13.0 Å². The van der Waals surface area contributed by atoms with E-state index in [1.165, 1.54) is 4.57 Å². The van der Waals surface area contributed by atoms with E-state index in [9.17, 15) is 9.90 Å². The van der Waals surface area contributed by atoms with Gasteiger partial charge >= 0.3 is 0 Å². The van der Waals surface area contributed by atoms with Gasteiger partial charge in [0.1, 0.15) is 0 Å². The van der Waals surface area contributed by atoms with Crippen LogP contribution in [0.5, 0.6) is 5.88 Å². The topological polar surface area (TPSA) is 42.2 Å². The zero-order chi connectivity index (χ0) is 13.1. The van der Waals surface area contributed by atoms with Crippen molar-refractivity contribution in [1.29, 1.82) is 0 Å². The molecule has 0 aliphatic carbocycles. The molecule has 0 aliphatic rings. The molecule has 18 heavy (non-hydrogen) atoms. The Kier molecular flexibility index (Phi) is 3.51. The van der Waals surface area contributed by atoms with Crippen molar-refractivity contribution in [3.05, 3.63) is 63.4 Å². The summed E-state index contributed by atoms with van der Waals surface area (Å²) in [4.78, 5) is 12.2. The van der Waals surface area contributed by atoms with Crippen LogP contribution in [0.15, 0.2) is 41.2 Å². The Morgan fingerprint density at radius 1 is 1.22 bits per heavy atom. The molecule has 3 nitrogen and oxygen atoms in total. The minimum absolute atomic E-state index is 0.0264. The Hall–Kier alpha value is -2.03. The predicted octanol–water partition coefficient (Wildman–Crippen LogP) is 2.47. The van der Waals surface area contributed by atoms with Crippen molar-refractivity contribution < 1.29 is 5.11 Å². The van der Waals surface area contributed by atoms with Gasteiger partial charge in [0.05, 0.1) is 6.54 Å². The van der Waals surface area contributed by atoms with Crippen LogP contribution in [0.1, 0.15) is 23.6 Å². The van der Waals surface area contributed by atoms with Gasteiger partial charge in [-0.1, -0.05) is 37.3 Å². The number of benzene rings is 1. The maximum absolute atomic E-state index is 12.2. The van der Waals surface area contributed by atoms with E-state index in [1.807, 2.05) is 44.2 Å². The first-order valence-corrected chi connectivity index (χ1v) is 6.09. The molecule has 0 fully saturated rings. The van der Waals surface area contributed by atoms with E-state index in [0.717, 1.165) is 16.7 Å². The van der Waals surface area contributed by atoms with E-state index < -0.39 is 0 Å². The molecule has 0 unspecified atom stereocenters. The van der Waals surface area contributed by atoms with Gasteiger partial charge in [-0.25, -0.2) is 0 Å². The van der Waals surface area contributed by atoms with Gasteiger partial charge in [0.15, 0.2) is 5.88 Å². The molecular weight excluding hydrogens is 226 g/mol. The highest BCUT2D eigenvalue weighted by Gasteiger charge is 2.10. The first-order chi connectivity index (χ1) is 8.63. The molecule has 0 bridgehead atoms. The van der Waals surface area contributed by atoms with Gasteiger partial charge < -0.3 is 5.11 Å². The molecule has 0 atom stereocenters. The zero-order valence-electron chi connectivity index (χ0n) is 10.7. The number of hydrogen-bond donors (Lipinski definition) is 1. The van der Waals surface area contributed by atoms with Gasteiger partial charge in [-0.15, -0.1) is 0 Å². The third-order valence-corrected chi connectivity index (χ3v) is 3.14. The lowest BCUT2D eigenvalue weighted by Crippen LogP contribution is -2.25. The molecule has 1 heterocycles. The van der Waals surface area contributed by atoms with Crippen LogP contribution >= 0.6 is 0 Å². The van der Waals surface area contributed by atoms with E-state index in [1.54, 1.807) is 6.07 Å². The van der Waals surface area contributed by atoms with E-state index in [2.05, 4.69) is 0 Å². The van der Waals surface area contributed by atoms with Gasteiger partial charge in [-0.05, 0) is 24.5 Å². The zero-order valence-corrected chi connectivity index (χ0v) is 10.7. The number of pyridine rings is 1. The van der Waals surface area contributed by atoms with Crippen LogP contribution in [0.4, 0.5) is 0 Å². The highest BCUT2D eigenvalue weighted by atomic mass is 16.3. The van der Waals surface area contributed by atoms with Crippen LogP contribution in [0.3, 0.4) is 0 Å². The number of nitrogens with zero attached hydrogens (tertiary/aromatic N) is 1. The molecule has 3 heteroatoms. The van der Waals surface area contributed by atoms with Crippen molar-refractivity contribution in [1.82, 2.24) is 4.57 Å². The maximum Gasteiger partial charge on any atom is 0.257 e. The van der Waals surface area contributed by atoms with Crippen molar-refractivity contribution in [2.24, 2.45) is 0 Å². The highest BCUT2D eigenvalue weighted by molar-refractivity contribution is 5.30. The molecule has 0 saturated heterocycles. The Bertz CT molecular complexity index is 600. The fraction of sp³-hybridized carbons (Fsp3) is 0.267. The summed E-state index contributed by atoms with van der Waals surface area (Å²) in [5.41, 5.74) is 2.52. The summed E-state index contributed by atoms with van der Waals surface area (Å²) in [6.07, 6.45) is 0.680. The summed E-state index contributed by atoms with van der Waals surface area (Å²) in [6, 6.07) is 11.3. The third-order valence-electron chi connectivity index (χ3n) is 3.14. The lowest BCUT2D eigenvalue weighted by molar-refractivity contribution is 0.413. The van der Waals surface area contributed by atoms with Crippen molar-refractivity contribution in [3.63, 3.8) is 0 Å². The summed E-state index contributed by atoms with van der Waals surface area (Å²) in [7, 11) is 0. The highest BCUT2D eigenvalue weighted by Crippen LogP contribution is 2.14. The number of aromatic nitrogens is 1. The normalized spacial score (nSPS) is 10.6. The fourth-order valence-corrected chi connectivity index (χ4v) is 2.14. The molecule has 0 saturated carbocycles. The second kappa shape index (κ2) is 5.08. The van der Waals surface area contributed by atoms with E-state index in [-0.39, 0.29) is 11.4 Å². The van der Waals surface area contributed by atoms with Crippen molar-refractivity contribution >= 4 is 0 Å². The smallest absolute Gasteiger partial charge is 0.257 e. The summed E-state index contributed by atoms with van der Waals surface area (Å²) in [5.74, 6) is 0.0264. The van der Waals surface area contributed by atoms with E-state index in [4.69, 9.17) is 0 Å². The molecule has 0 aliphatic heterocycles. The average molecular weight is 243 g/mol. The van der Waals surface area contributed by atoms with Gasteiger partial charge in [0.2, 0.25) is 0 Å². The first-order valence-electron chi connectivity index (χ1n) is 6.09. The standard InChI is InChI=1S/C15H17NO2/c1-3-13-11(2)9-14(17)16(15(13)18)10-12-7-5-4-6-8-12/h4-9,17H,3,10H2,1-2H3. The van der Waals surface area contributed by atoms with Crippen molar-refractivity contribution in [2.45, 2.75) is 26.8 Å². The van der Waals surface area contributed by atoms with E-state index in [0.29, 0.717) is 13.0 Å². The van der Waals surface area contributed by atoms with Gasteiger partial charge in [0, 0.05) is 11.6 Å². The van der Waals surface area contributed by atoms with Crippen molar-refractivity contribution in [2.75, 3.05) is 0 Å². The Balaban J connectivity index is 2.49. The minimum Gasteiger partial charge on any atom is -0.494 e. The molecule has 0 radical (unpaired) electrons. The monoisotopic (exact) mass is 243 g/mol. The number of rotatable bonds is 3. The first kappa shape index (κ1) is 12.4. The molecule has 1 aromatic carbocycles. The van der Waals surface area contributed by atoms with E-state index >= 15 is 0 Å². The molecule has 94 valence electrons. The summed E-state index contributed by atoms with van der Waals surface area (Å²) in [5, 5.41) is 9.92. The van der Waals surface area contributed by atoms with Crippen LogP contribution < -0.4 is 5.56 Å². The number of aromatic hydroxyl groups is 1. The van der Waals surface area contributed by atoms with Crippen molar-refractivity contribution in [3.8, 4) is 5.88 Å². The molecular formula is C15H17NO2. The quantitative estimate of drug-likeness (QED) is 0.899. The fourth-order valence-electron chi connectivity index (χ4n) is 2.14. The predicted molar refractivity (Wildman–Crippen MR) is 72.0 cm³/mol. The average Bonchev–Trinajstić information content (AvgIpc) is 2.36. The molecule has 0 amide bonds. The molecule has 1 N–H and O–H groups in total. The molecule has 1 aromatic heterocycles. The Morgan fingerprint density at radius 3 is 2.50 bits per heavy atom. The Labute approximate surface area is 106 Å². The third kappa shape index (κ3) is 2.30. The summed E-state index contributed by atoms with van der Waals surface area (Å²) < 4.78 is 1.42. The van der Waals surface area contributed by atoms with Gasteiger partial charge in [-0.3, -0.25) is 9.36 Å². The largest absolute Gasteiger partial charge is 0.494 e. The molecule has 0 spiro atoms.